The summed E-state index contributed by atoms with van der Waals surface area (Å²) in [7, 11) is 0. The van der Waals surface area contributed by atoms with Crippen molar-refractivity contribution in [3.63, 3.8) is 0 Å². The van der Waals surface area contributed by atoms with Crippen LogP contribution in [0.5, 0.6) is 5.75 Å². The van der Waals surface area contributed by atoms with E-state index in [4.69, 9.17) is 10.5 Å². The van der Waals surface area contributed by atoms with Crippen molar-refractivity contribution in [3.8, 4) is 5.75 Å². The molecule has 2 aliphatic rings. The maximum Gasteiger partial charge on any atom is 0.573 e. The number of carbonyl (C=O) groups is 1. The molecule has 1 unspecified atom stereocenters. The second-order valence-corrected chi connectivity index (χ2v) is 8.27. The highest BCUT2D eigenvalue weighted by Gasteiger charge is 2.40. The van der Waals surface area contributed by atoms with Gasteiger partial charge in [0.25, 0.3) is 0 Å². The summed E-state index contributed by atoms with van der Waals surface area (Å²) in [5, 5.41) is 11.4. The fourth-order valence-electron chi connectivity index (χ4n) is 4.66. The first-order chi connectivity index (χ1) is 14.1. The van der Waals surface area contributed by atoms with Crippen LogP contribution in [-0.2, 0) is 4.74 Å². The zero-order valence-electron chi connectivity index (χ0n) is 16.9. The molecule has 1 aromatic rings. The number of halogens is 3. The fourth-order valence-corrected chi connectivity index (χ4v) is 4.66. The van der Waals surface area contributed by atoms with E-state index in [-0.39, 0.29) is 17.8 Å². The first-order valence-corrected chi connectivity index (χ1v) is 10.4. The molecule has 1 amide bonds. The molecule has 1 atom stereocenters. The molecule has 168 valence electrons. The number of aliphatic hydroxyl groups is 1. The SMILES string of the molecule is NC(=O)OC1CCN(CC(c2cccc(OC(F)(F)F)c2)C2(O)CCCCC2)CC1. The molecule has 0 spiro atoms. The number of carbonyl (C=O) groups excluding carboxylic acids is 1. The Labute approximate surface area is 174 Å². The van der Waals surface area contributed by atoms with E-state index in [2.05, 4.69) is 9.64 Å². The lowest BCUT2D eigenvalue weighted by atomic mass is 9.72. The number of alkyl halides is 3. The number of likely N-dealkylation sites (tertiary alicyclic amines) is 1. The first-order valence-electron chi connectivity index (χ1n) is 10.4. The number of piperidine rings is 1. The van der Waals surface area contributed by atoms with E-state index < -0.39 is 18.1 Å². The Morgan fingerprint density at radius 3 is 2.50 bits per heavy atom. The summed E-state index contributed by atoms with van der Waals surface area (Å²) in [6.45, 7) is 1.82. The van der Waals surface area contributed by atoms with Crippen molar-refractivity contribution < 1.29 is 32.5 Å². The number of hydrogen-bond donors (Lipinski definition) is 2. The Morgan fingerprint density at radius 2 is 1.90 bits per heavy atom. The molecule has 30 heavy (non-hydrogen) atoms. The number of rotatable bonds is 6. The van der Waals surface area contributed by atoms with Crippen LogP contribution >= 0.6 is 0 Å². The molecular formula is C21H29F3N2O4. The molecule has 1 heterocycles. The number of nitrogens with two attached hydrogens (primary N) is 1. The van der Waals surface area contributed by atoms with Crippen LogP contribution in [0.3, 0.4) is 0 Å². The minimum Gasteiger partial charge on any atom is -0.446 e. The molecule has 3 rings (SSSR count). The topological polar surface area (TPSA) is 85.0 Å². The summed E-state index contributed by atoms with van der Waals surface area (Å²) in [4.78, 5) is 13.1. The normalized spacial score (nSPS) is 21.7. The first kappa shape index (κ1) is 22.7. The van der Waals surface area contributed by atoms with Crippen LogP contribution in [0.25, 0.3) is 0 Å². The van der Waals surface area contributed by atoms with Gasteiger partial charge in [-0.15, -0.1) is 13.2 Å². The van der Waals surface area contributed by atoms with E-state index >= 15 is 0 Å². The number of amides is 1. The molecule has 1 saturated carbocycles. The predicted molar refractivity (Wildman–Crippen MR) is 104 cm³/mol. The van der Waals surface area contributed by atoms with Crippen molar-refractivity contribution in [2.75, 3.05) is 19.6 Å². The van der Waals surface area contributed by atoms with Crippen LogP contribution in [-0.4, -0.2) is 53.8 Å². The quantitative estimate of drug-likeness (QED) is 0.715. The van der Waals surface area contributed by atoms with Gasteiger partial charge >= 0.3 is 12.5 Å². The Balaban J connectivity index is 1.77. The predicted octanol–water partition coefficient (Wildman–Crippen LogP) is 3.92. The molecule has 0 bridgehead atoms. The molecule has 2 fully saturated rings. The molecule has 3 N–H and O–H groups in total. The minimum absolute atomic E-state index is 0.224. The third-order valence-electron chi connectivity index (χ3n) is 6.12. The fraction of sp³-hybridized carbons (Fsp3) is 0.667. The van der Waals surface area contributed by atoms with E-state index in [1.165, 1.54) is 18.2 Å². The zero-order chi connectivity index (χ0) is 21.8. The third kappa shape index (κ3) is 6.25. The highest BCUT2D eigenvalue weighted by Crippen LogP contribution is 2.41. The van der Waals surface area contributed by atoms with E-state index in [0.29, 0.717) is 50.9 Å². The molecule has 1 aliphatic carbocycles. The van der Waals surface area contributed by atoms with Crippen molar-refractivity contribution in [2.45, 2.75) is 68.9 Å². The van der Waals surface area contributed by atoms with Gasteiger partial charge in [0.05, 0.1) is 5.60 Å². The van der Waals surface area contributed by atoms with Crippen LogP contribution in [0.4, 0.5) is 18.0 Å². The van der Waals surface area contributed by atoms with Gasteiger partial charge in [0.1, 0.15) is 11.9 Å². The maximum absolute atomic E-state index is 12.7. The van der Waals surface area contributed by atoms with Crippen LogP contribution in [0, 0.1) is 0 Å². The van der Waals surface area contributed by atoms with Gasteiger partial charge in [-0.3, -0.25) is 0 Å². The number of primary amides is 1. The van der Waals surface area contributed by atoms with Gasteiger partial charge in [-0.05, 0) is 43.4 Å². The highest BCUT2D eigenvalue weighted by molar-refractivity contribution is 5.64. The van der Waals surface area contributed by atoms with Crippen molar-refractivity contribution in [2.24, 2.45) is 5.73 Å². The Bertz CT molecular complexity index is 714. The van der Waals surface area contributed by atoms with Crippen LogP contribution in [0.2, 0.25) is 0 Å². The van der Waals surface area contributed by atoms with Gasteiger partial charge in [0, 0.05) is 25.6 Å². The average Bonchev–Trinajstić information content (AvgIpc) is 2.66. The summed E-state index contributed by atoms with van der Waals surface area (Å²) in [6.07, 6.45) is -0.466. The molecule has 6 nitrogen and oxygen atoms in total. The summed E-state index contributed by atoms with van der Waals surface area (Å²) in [6, 6.07) is 5.94. The highest BCUT2D eigenvalue weighted by atomic mass is 19.4. The smallest absolute Gasteiger partial charge is 0.446 e. The van der Waals surface area contributed by atoms with Gasteiger partial charge in [0.15, 0.2) is 0 Å². The largest absolute Gasteiger partial charge is 0.573 e. The Hall–Kier alpha value is -2.00. The molecule has 1 aliphatic heterocycles. The maximum atomic E-state index is 12.7. The summed E-state index contributed by atoms with van der Waals surface area (Å²) in [5.41, 5.74) is 4.75. The van der Waals surface area contributed by atoms with Gasteiger partial charge in [-0.2, -0.15) is 0 Å². The van der Waals surface area contributed by atoms with Crippen LogP contribution in [0.15, 0.2) is 24.3 Å². The van der Waals surface area contributed by atoms with Gasteiger partial charge < -0.3 is 25.2 Å². The van der Waals surface area contributed by atoms with Crippen molar-refractivity contribution in [1.82, 2.24) is 4.90 Å². The molecule has 0 radical (unpaired) electrons. The van der Waals surface area contributed by atoms with E-state index in [9.17, 15) is 23.1 Å². The molecule has 9 heteroatoms. The second-order valence-electron chi connectivity index (χ2n) is 8.27. The summed E-state index contributed by atoms with van der Waals surface area (Å²) in [5.74, 6) is -0.624. The van der Waals surface area contributed by atoms with Crippen LogP contribution < -0.4 is 10.5 Å². The molecule has 1 aromatic carbocycles. The van der Waals surface area contributed by atoms with Gasteiger partial charge in [-0.25, -0.2) is 4.79 Å². The van der Waals surface area contributed by atoms with Crippen molar-refractivity contribution in [3.05, 3.63) is 29.8 Å². The molecule has 1 saturated heterocycles. The van der Waals surface area contributed by atoms with Gasteiger partial charge in [0.2, 0.25) is 0 Å². The van der Waals surface area contributed by atoms with E-state index in [1.54, 1.807) is 6.07 Å². The average molecular weight is 430 g/mol. The lowest BCUT2D eigenvalue weighted by Crippen LogP contribution is -2.47. The third-order valence-corrected chi connectivity index (χ3v) is 6.12. The van der Waals surface area contributed by atoms with Gasteiger partial charge in [-0.1, -0.05) is 31.4 Å². The number of benzene rings is 1. The standard InChI is InChI=1S/C21H29F3N2O4/c22-21(23,24)30-17-6-4-5-15(13-17)18(20(28)9-2-1-3-10-20)14-26-11-7-16(8-12-26)29-19(25)27/h4-6,13,16,18,28H,1-3,7-12,14H2,(H2,25,27). The van der Waals surface area contributed by atoms with E-state index in [1.807, 2.05) is 0 Å². The lowest BCUT2D eigenvalue weighted by molar-refractivity contribution is -0.274. The second kappa shape index (κ2) is 9.43. The number of hydrogen-bond acceptors (Lipinski definition) is 5. The monoisotopic (exact) mass is 430 g/mol. The number of nitrogens with zero attached hydrogens (tertiary/aromatic N) is 1. The summed E-state index contributed by atoms with van der Waals surface area (Å²) >= 11 is 0. The Morgan fingerprint density at radius 1 is 1.23 bits per heavy atom. The van der Waals surface area contributed by atoms with Crippen molar-refractivity contribution >= 4 is 6.09 Å². The van der Waals surface area contributed by atoms with Crippen molar-refractivity contribution in [1.29, 1.82) is 0 Å². The minimum atomic E-state index is -4.77. The molecular weight excluding hydrogens is 401 g/mol. The summed E-state index contributed by atoms with van der Waals surface area (Å²) < 4.78 is 47.2. The van der Waals surface area contributed by atoms with E-state index in [0.717, 1.165) is 19.3 Å². The van der Waals surface area contributed by atoms with Crippen LogP contribution in [0.1, 0.15) is 56.4 Å². The Kier molecular flexibility index (Phi) is 7.13. The zero-order valence-corrected chi connectivity index (χ0v) is 16.9. The molecule has 0 aromatic heterocycles. The number of ether oxygens (including phenoxy) is 2. The lowest BCUT2D eigenvalue weighted by Gasteiger charge is -2.43.